The van der Waals surface area contributed by atoms with Crippen LogP contribution in [-0.4, -0.2) is 30.5 Å². The van der Waals surface area contributed by atoms with Crippen LogP contribution in [-0.2, 0) is 17.7 Å². The number of aromatic nitrogens is 2. The number of benzene rings is 1. The Morgan fingerprint density at radius 2 is 2.29 bits per heavy atom. The second-order valence-electron chi connectivity index (χ2n) is 4.77. The van der Waals surface area contributed by atoms with Crippen LogP contribution in [0.15, 0.2) is 34.9 Å². The van der Waals surface area contributed by atoms with Crippen molar-refractivity contribution in [2.45, 2.75) is 19.0 Å². The van der Waals surface area contributed by atoms with Crippen LogP contribution in [0.25, 0.3) is 0 Å². The second kappa shape index (κ2) is 7.94. The molecule has 114 valence electrons. The van der Waals surface area contributed by atoms with Crippen LogP contribution in [0, 0.1) is 0 Å². The molecule has 21 heavy (non-hydrogen) atoms. The first-order chi connectivity index (χ1) is 10.2. The summed E-state index contributed by atoms with van der Waals surface area (Å²) in [6.07, 6.45) is 2.67. The van der Waals surface area contributed by atoms with E-state index in [9.17, 15) is 0 Å². The van der Waals surface area contributed by atoms with Gasteiger partial charge in [-0.15, -0.1) is 0 Å². The summed E-state index contributed by atoms with van der Waals surface area (Å²) < 4.78 is 8.11. The minimum atomic E-state index is 0.150. The lowest BCUT2D eigenvalue weighted by Gasteiger charge is -2.19. The molecule has 1 atom stereocenters. The molecular weight excluding hydrogens is 354 g/mol. The highest BCUT2D eigenvalue weighted by Crippen LogP contribution is 2.26. The van der Waals surface area contributed by atoms with Crippen molar-refractivity contribution in [1.82, 2.24) is 15.1 Å². The van der Waals surface area contributed by atoms with Gasteiger partial charge < -0.3 is 10.1 Å². The first-order valence-corrected chi connectivity index (χ1v) is 7.94. The number of nitrogens with zero attached hydrogens (tertiary/aromatic N) is 2. The Labute approximate surface area is 138 Å². The van der Waals surface area contributed by atoms with Gasteiger partial charge >= 0.3 is 0 Å². The van der Waals surface area contributed by atoms with Gasteiger partial charge in [0.2, 0.25) is 0 Å². The van der Waals surface area contributed by atoms with Crippen LogP contribution in [0.1, 0.15) is 17.3 Å². The number of methoxy groups -OCH3 is 1. The number of halogens is 2. The molecule has 0 bridgehead atoms. The topological polar surface area (TPSA) is 39.1 Å². The number of nitrogens with one attached hydrogen (secondary N) is 1. The summed E-state index contributed by atoms with van der Waals surface area (Å²) in [7, 11) is 3.65. The molecule has 0 aliphatic carbocycles. The average molecular weight is 373 g/mol. The van der Waals surface area contributed by atoms with E-state index in [-0.39, 0.29) is 6.04 Å². The van der Waals surface area contributed by atoms with E-state index in [0.717, 1.165) is 28.2 Å². The van der Waals surface area contributed by atoms with Gasteiger partial charge in [0.25, 0.3) is 0 Å². The minimum Gasteiger partial charge on any atom is -0.383 e. The number of hydrogen-bond donors (Lipinski definition) is 1. The third-order valence-corrected chi connectivity index (χ3v) is 4.19. The zero-order chi connectivity index (χ0) is 15.2. The van der Waals surface area contributed by atoms with Gasteiger partial charge in [-0.2, -0.15) is 5.10 Å². The number of likely N-dealkylation sites (N-methyl/N-ethyl adjacent to an activating group) is 1. The first kappa shape index (κ1) is 16.5. The lowest BCUT2D eigenvalue weighted by Crippen LogP contribution is -2.24. The van der Waals surface area contributed by atoms with Crippen molar-refractivity contribution in [3.05, 3.63) is 51.2 Å². The second-order valence-corrected chi connectivity index (χ2v) is 6.06. The zero-order valence-corrected chi connectivity index (χ0v) is 14.5. The van der Waals surface area contributed by atoms with Gasteiger partial charge in [0.15, 0.2) is 0 Å². The highest BCUT2D eigenvalue weighted by Gasteiger charge is 2.19. The molecule has 0 aliphatic rings. The molecular formula is C15H19BrClN3O. The maximum Gasteiger partial charge on any atom is 0.0699 e. The van der Waals surface area contributed by atoms with E-state index in [2.05, 4.69) is 32.4 Å². The molecule has 0 amide bonds. The number of rotatable bonds is 7. The van der Waals surface area contributed by atoms with E-state index in [4.69, 9.17) is 16.3 Å². The monoisotopic (exact) mass is 371 g/mol. The van der Waals surface area contributed by atoms with Gasteiger partial charge in [-0.1, -0.05) is 23.7 Å². The van der Waals surface area contributed by atoms with Crippen molar-refractivity contribution in [2.24, 2.45) is 0 Å². The molecule has 0 saturated heterocycles. The summed E-state index contributed by atoms with van der Waals surface area (Å²) in [5.41, 5.74) is 2.31. The van der Waals surface area contributed by atoms with E-state index in [1.54, 1.807) is 7.11 Å². The molecule has 2 aromatic rings. The quantitative estimate of drug-likeness (QED) is 0.809. The van der Waals surface area contributed by atoms with Gasteiger partial charge in [-0.3, -0.25) is 4.68 Å². The molecule has 0 fully saturated rings. The average Bonchev–Trinajstić information content (AvgIpc) is 2.83. The Morgan fingerprint density at radius 3 is 2.95 bits per heavy atom. The SMILES string of the molecule is CNC(Cc1cccc(Cl)c1)c1c(Br)cnn1CCOC. The van der Waals surface area contributed by atoms with Crippen molar-refractivity contribution in [1.29, 1.82) is 0 Å². The molecule has 0 radical (unpaired) electrons. The van der Waals surface area contributed by atoms with Crippen LogP contribution in [0.3, 0.4) is 0 Å². The molecule has 4 nitrogen and oxygen atoms in total. The fourth-order valence-corrected chi connectivity index (χ4v) is 3.09. The van der Waals surface area contributed by atoms with Crippen LogP contribution >= 0.6 is 27.5 Å². The van der Waals surface area contributed by atoms with Crippen molar-refractivity contribution in [2.75, 3.05) is 20.8 Å². The molecule has 6 heteroatoms. The van der Waals surface area contributed by atoms with Crippen molar-refractivity contribution in [3.63, 3.8) is 0 Å². The Hall–Kier alpha value is -0.880. The molecule has 0 aliphatic heterocycles. The third-order valence-electron chi connectivity index (χ3n) is 3.35. The predicted octanol–water partition coefficient (Wildman–Crippen LogP) is 3.45. The van der Waals surface area contributed by atoms with Crippen molar-refractivity contribution < 1.29 is 4.74 Å². The van der Waals surface area contributed by atoms with E-state index in [1.807, 2.05) is 36.1 Å². The molecule has 2 rings (SSSR count). The van der Waals surface area contributed by atoms with Crippen molar-refractivity contribution in [3.8, 4) is 0 Å². The highest BCUT2D eigenvalue weighted by atomic mass is 79.9. The van der Waals surface area contributed by atoms with Gasteiger partial charge in [0.1, 0.15) is 0 Å². The highest BCUT2D eigenvalue weighted by molar-refractivity contribution is 9.10. The van der Waals surface area contributed by atoms with E-state index < -0.39 is 0 Å². The van der Waals surface area contributed by atoms with Gasteiger partial charge in [0.05, 0.1) is 35.6 Å². The molecule has 1 heterocycles. The Morgan fingerprint density at radius 1 is 1.48 bits per heavy atom. The molecule has 0 spiro atoms. The summed E-state index contributed by atoms with van der Waals surface area (Å²) in [4.78, 5) is 0. The lowest BCUT2D eigenvalue weighted by molar-refractivity contribution is 0.181. The molecule has 1 aromatic heterocycles. The summed E-state index contributed by atoms with van der Waals surface area (Å²) >= 11 is 9.65. The third kappa shape index (κ3) is 4.30. The summed E-state index contributed by atoms with van der Waals surface area (Å²) in [5.74, 6) is 0. The van der Waals surface area contributed by atoms with E-state index >= 15 is 0 Å². The van der Waals surface area contributed by atoms with Crippen molar-refractivity contribution >= 4 is 27.5 Å². The maximum atomic E-state index is 6.06. The Kier molecular flexibility index (Phi) is 6.23. The summed E-state index contributed by atoms with van der Waals surface area (Å²) in [5, 5.41) is 8.52. The standard InChI is InChI=1S/C15H19BrClN3O/c1-18-14(9-11-4-3-5-12(17)8-11)15-13(16)10-19-20(15)6-7-21-2/h3-5,8,10,14,18H,6-7,9H2,1-2H3. The summed E-state index contributed by atoms with van der Waals surface area (Å²) in [6.45, 7) is 1.36. The maximum absolute atomic E-state index is 6.06. The van der Waals surface area contributed by atoms with Gasteiger partial charge in [0, 0.05) is 12.1 Å². The van der Waals surface area contributed by atoms with Crippen LogP contribution in [0.2, 0.25) is 5.02 Å². The molecule has 0 saturated carbocycles. The zero-order valence-electron chi connectivity index (χ0n) is 12.1. The Balaban J connectivity index is 2.22. The smallest absolute Gasteiger partial charge is 0.0699 e. The fourth-order valence-electron chi connectivity index (χ4n) is 2.31. The largest absolute Gasteiger partial charge is 0.383 e. The fraction of sp³-hybridized carbons (Fsp3) is 0.400. The minimum absolute atomic E-state index is 0.150. The number of ether oxygens (including phenoxy) is 1. The number of hydrogen-bond acceptors (Lipinski definition) is 3. The van der Waals surface area contributed by atoms with Crippen LogP contribution < -0.4 is 5.32 Å². The van der Waals surface area contributed by atoms with Gasteiger partial charge in [-0.25, -0.2) is 0 Å². The predicted molar refractivity (Wildman–Crippen MR) is 88.8 cm³/mol. The molecule has 1 N–H and O–H groups in total. The van der Waals surface area contributed by atoms with E-state index in [0.29, 0.717) is 6.61 Å². The normalized spacial score (nSPS) is 12.6. The van der Waals surface area contributed by atoms with E-state index in [1.165, 1.54) is 5.56 Å². The summed E-state index contributed by atoms with van der Waals surface area (Å²) in [6, 6.07) is 8.09. The molecule has 1 aromatic carbocycles. The molecule has 1 unspecified atom stereocenters. The first-order valence-electron chi connectivity index (χ1n) is 6.77. The van der Waals surface area contributed by atoms with Crippen LogP contribution in [0.5, 0.6) is 0 Å². The lowest BCUT2D eigenvalue weighted by atomic mass is 10.0. The van der Waals surface area contributed by atoms with Gasteiger partial charge in [-0.05, 0) is 47.1 Å². The van der Waals surface area contributed by atoms with Crippen LogP contribution in [0.4, 0.5) is 0 Å². The Bertz CT molecular complexity index is 588.